The number of anilines is 1. The summed E-state index contributed by atoms with van der Waals surface area (Å²) in [4.78, 5) is 44.8. The van der Waals surface area contributed by atoms with Crippen LogP contribution in [-0.4, -0.2) is 48.6 Å². The van der Waals surface area contributed by atoms with Crippen LogP contribution in [0, 0.1) is 0 Å². The van der Waals surface area contributed by atoms with Gasteiger partial charge in [-0.25, -0.2) is 4.79 Å². The number of aliphatic hydroxyl groups is 1. The SMILES string of the molecule is CCCOC(=O)c1cccc(N2C(=O)C(=O)/C(=C(/O)c3cc(Cl)c(OC)c(Cl)c3OC)C2c2cccnc2)c1. The third-order valence-electron chi connectivity index (χ3n) is 6.04. The van der Waals surface area contributed by atoms with Gasteiger partial charge in [0.25, 0.3) is 11.7 Å². The number of rotatable bonds is 8. The van der Waals surface area contributed by atoms with Crippen LogP contribution in [0.2, 0.25) is 10.0 Å². The number of hydrogen-bond acceptors (Lipinski definition) is 8. The van der Waals surface area contributed by atoms with E-state index in [4.69, 9.17) is 37.4 Å². The number of aliphatic hydroxyl groups excluding tert-OH is 1. The lowest BCUT2D eigenvalue weighted by atomic mass is 9.95. The van der Waals surface area contributed by atoms with E-state index in [-0.39, 0.29) is 50.5 Å². The zero-order valence-corrected chi connectivity index (χ0v) is 22.7. The molecule has 1 aliphatic heterocycles. The highest BCUT2D eigenvalue weighted by molar-refractivity contribution is 6.52. The summed E-state index contributed by atoms with van der Waals surface area (Å²) in [5.41, 5.74) is 0.610. The van der Waals surface area contributed by atoms with Crippen molar-refractivity contribution in [1.29, 1.82) is 0 Å². The highest BCUT2D eigenvalue weighted by atomic mass is 35.5. The molecule has 202 valence electrons. The molecule has 0 aliphatic carbocycles. The molecule has 1 aliphatic rings. The number of methoxy groups -OCH3 is 2. The van der Waals surface area contributed by atoms with Crippen LogP contribution in [0.5, 0.6) is 11.5 Å². The molecule has 1 aromatic heterocycles. The van der Waals surface area contributed by atoms with Crippen molar-refractivity contribution in [3.05, 3.63) is 87.2 Å². The van der Waals surface area contributed by atoms with Gasteiger partial charge in [0, 0.05) is 18.1 Å². The lowest BCUT2D eigenvalue weighted by molar-refractivity contribution is -0.132. The molecule has 11 heteroatoms. The number of aromatic nitrogens is 1. The lowest BCUT2D eigenvalue weighted by Gasteiger charge is -2.25. The summed E-state index contributed by atoms with van der Waals surface area (Å²) in [5, 5.41) is 11.5. The molecular formula is C28H24Cl2N2O7. The van der Waals surface area contributed by atoms with Crippen molar-refractivity contribution in [2.75, 3.05) is 25.7 Å². The van der Waals surface area contributed by atoms with Gasteiger partial charge in [0.15, 0.2) is 11.5 Å². The first-order valence-electron chi connectivity index (χ1n) is 11.8. The summed E-state index contributed by atoms with van der Waals surface area (Å²) in [5.74, 6) is -2.92. The Labute approximate surface area is 234 Å². The summed E-state index contributed by atoms with van der Waals surface area (Å²) in [6.45, 7) is 2.10. The van der Waals surface area contributed by atoms with Crippen LogP contribution < -0.4 is 14.4 Å². The fourth-order valence-corrected chi connectivity index (χ4v) is 4.99. The maximum Gasteiger partial charge on any atom is 0.338 e. The van der Waals surface area contributed by atoms with Gasteiger partial charge in [-0.2, -0.15) is 0 Å². The minimum Gasteiger partial charge on any atom is -0.507 e. The van der Waals surface area contributed by atoms with Crippen molar-refractivity contribution in [1.82, 2.24) is 4.98 Å². The number of esters is 1. The number of ether oxygens (including phenoxy) is 3. The van der Waals surface area contributed by atoms with Crippen LogP contribution in [0.15, 0.2) is 60.4 Å². The fraction of sp³-hybridized carbons (Fsp3) is 0.214. The second-order valence-electron chi connectivity index (χ2n) is 8.43. The maximum absolute atomic E-state index is 13.5. The summed E-state index contributed by atoms with van der Waals surface area (Å²) < 4.78 is 15.8. The van der Waals surface area contributed by atoms with E-state index >= 15 is 0 Å². The Morgan fingerprint density at radius 2 is 1.82 bits per heavy atom. The Hall–Kier alpha value is -4.08. The second-order valence-corrected chi connectivity index (χ2v) is 9.21. The van der Waals surface area contributed by atoms with E-state index in [0.29, 0.717) is 12.0 Å². The van der Waals surface area contributed by atoms with Crippen molar-refractivity contribution in [2.45, 2.75) is 19.4 Å². The largest absolute Gasteiger partial charge is 0.507 e. The Kier molecular flexibility index (Phi) is 8.42. The summed E-state index contributed by atoms with van der Waals surface area (Å²) in [6, 6.07) is 9.67. The van der Waals surface area contributed by atoms with Crippen LogP contribution in [0.4, 0.5) is 5.69 Å². The van der Waals surface area contributed by atoms with Crippen LogP contribution >= 0.6 is 23.2 Å². The standard InChI is InChI=1S/C28H24Cl2N2O7/c1-4-11-39-28(36)15-7-5-9-17(12-15)32-22(16-8-6-10-31-14-16)20(24(34)27(32)35)23(33)18-13-19(29)26(38-3)21(30)25(18)37-2/h5-10,12-14,22,33H,4,11H2,1-3H3/b23-20+. The zero-order chi connectivity index (χ0) is 28.3. The topological polar surface area (TPSA) is 115 Å². The number of carbonyl (C=O) groups excluding carboxylic acids is 3. The molecule has 0 saturated carbocycles. The molecule has 1 unspecified atom stereocenters. The predicted molar refractivity (Wildman–Crippen MR) is 146 cm³/mol. The van der Waals surface area contributed by atoms with E-state index in [2.05, 4.69) is 4.98 Å². The molecular weight excluding hydrogens is 547 g/mol. The average Bonchev–Trinajstić information content (AvgIpc) is 3.21. The number of carbonyl (C=O) groups is 3. The number of benzene rings is 2. The van der Waals surface area contributed by atoms with Crippen molar-refractivity contribution in [3.8, 4) is 11.5 Å². The molecule has 2 aromatic carbocycles. The van der Waals surface area contributed by atoms with Gasteiger partial charge in [-0.3, -0.25) is 19.5 Å². The molecule has 0 bridgehead atoms. The number of nitrogens with zero attached hydrogens (tertiary/aromatic N) is 2. The van der Waals surface area contributed by atoms with Crippen molar-refractivity contribution >= 4 is 52.3 Å². The van der Waals surface area contributed by atoms with Gasteiger partial charge in [-0.1, -0.05) is 42.3 Å². The van der Waals surface area contributed by atoms with Gasteiger partial charge < -0.3 is 19.3 Å². The Balaban J connectivity index is 1.94. The van der Waals surface area contributed by atoms with E-state index in [0.717, 1.165) is 0 Å². The number of halogens is 2. The molecule has 1 N–H and O–H groups in total. The van der Waals surface area contributed by atoms with Gasteiger partial charge in [0.2, 0.25) is 0 Å². The van der Waals surface area contributed by atoms with Gasteiger partial charge >= 0.3 is 5.97 Å². The van der Waals surface area contributed by atoms with Crippen molar-refractivity contribution in [2.24, 2.45) is 0 Å². The van der Waals surface area contributed by atoms with Gasteiger partial charge in [-0.05, 0) is 42.3 Å². The van der Waals surface area contributed by atoms with E-state index < -0.39 is 29.5 Å². The number of hydrogen-bond donors (Lipinski definition) is 1. The van der Waals surface area contributed by atoms with Gasteiger partial charge in [-0.15, -0.1) is 0 Å². The molecule has 1 saturated heterocycles. The highest BCUT2D eigenvalue weighted by Crippen LogP contribution is 2.48. The monoisotopic (exact) mass is 570 g/mol. The quantitative estimate of drug-likeness (QED) is 0.161. The molecule has 0 radical (unpaired) electrons. The molecule has 0 spiro atoms. The molecule has 2 heterocycles. The molecule has 4 rings (SSSR count). The summed E-state index contributed by atoms with van der Waals surface area (Å²) >= 11 is 12.7. The Morgan fingerprint density at radius 3 is 2.46 bits per heavy atom. The first-order chi connectivity index (χ1) is 18.7. The molecule has 9 nitrogen and oxygen atoms in total. The van der Waals surface area contributed by atoms with E-state index in [1.807, 2.05) is 6.92 Å². The predicted octanol–water partition coefficient (Wildman–Crippen LogP) is 5.60. The van der Waals surface area contributed by atoms with Crippen molar-refractivity contribution < 1.29 is 33.7 Å². The average molecular weight is 571 g/mol. The number of ketones is 1. The van der Waals surface area contributed by atoms with Crippen LogP contribution in [0.3, 0.4) is 0 Å². The van der Waals surface area contributed by atoms with Gasteiger partial charge in [0.05, 0.1) is 48.6 Å². The number of Topliss-reactive ketones (excluding diaryl/α,β-unsaturated/α-hetero) is 1. The normalized spacial score (nSPS) is 16.3. The van der Waals surface area contributed by atoms with E-state index in [1.165, 1.54) is 43.6 Å². The Bertz CT molecular complexity index is 1470. The van der Waals surface area contributed by atoms with Gasteiger partial charge in [0.1, 0.15) is 10.8 Å². The van der Waals surface area contributed by atoms with E-state index in [9.17, 15) is 19.5 Å². The number of pyridine rings is 1. The van der Waals surface area contributed by atoms with Crippen LogP contribution in [0.1, 0.15) is 40.9 Å². The highest BCUT2D eigenvalue weighted by Gasteiger charge is 2.47. The maximum atomic E-state index is 13.5. The third kappa shape index (κ3) is 5.15. The third-order valence-corrected chi connectivity index (χ3v) is 6.66. The molecule has 1 atom stereocenters. The number of amides is 1. The Morgan fingerprint density at radius 1 is 1.08 bits per heavy atom. The first kappa shape index (κ1) is 27.9. The molecule has 3 aromatic rings. The first-order valence-corrected chi connectivity index (χ1v) is 12.6. The van der Waals surface area contributed by atoms with Crippen LogP contribution in [0.25, 0.3) is 5.76 Å². The zero-order valence-electron chi connectivity index (χ0n) is 21.2. The summed E-state index contributed by atoms with van der Waals surface area (Å²) in [6.07, 6.45) is 3.65. The second kappa shape index (κ2) is 11.8. The minimum atomic E-state index is -1.11. The smallest absolute Gasteiger partial charge is 0.338 e. The minimum absolute atomic E-state index is 0.00720. The molecule has 1 fully saturated rings. The fourth-order valence-electron chi connectivity index (χ4n) is 4.30. The summed E-state index contributed by atoms with van der Waals surface area (Å²) in [7, 11) is 2.69. The van der Waals surface area contributed by atoms with Crippen molar-refractivity contribution in [3.63, 3.8) is 0 Å². The molecule has 39 heavy (non-hydrogen) atoms. The molecule has 1 amide bonds. The van der Waals surface area contributed by atoms with E-state index in [1.54, 1.807) is 30.3 Å². The lowest BCUT2D eigenvalue weighted by Crippen LogP contribution is -2.29. The van der Waals surface area contributed by atoms with Crippen LogP contribution in [-0.2, 0) is 14.3 Å².